The number of nitrogens with one attached hydrogen (secondary N) is 1. The van der Waals surface area contributed by atoms with Crippen molar-refractivity contribution in [3.63, 3.8) is 0 Å². The van der Waals surface area contributed by atoms with Gasteiger partial charge in [0.15, 0.2) is 0 Å². The Kier molecular flexibility index (Phi) is 3.12. The smallest absolute Gasteiger partial charge is 0.255 e. The van der Waals surface area contributed by atoms with Crippen LogP contribution in [-0.2, 0) is 4.79 Å². The van der Waals surface area contributed by atoms with Crippen LogP contribution in [0.25, 0.3) is 0 Å². The lowest BCUT2D eigenvalue weighted by Crippen LogP contribution is -2.70. The highest BCUT2D eigenvalue weighted by Gasteiger charge is 2.44. The third-order valence-electron chi connectivity index (χ3n) is 4.74. The van der Waals surface area contributed by atoms with Crippen LogP contribution >= 0.6 is 0 Å². The van der Waals surface area contributed by atoms with Crippen LogP contribution in [0.15, 0.2) is 0 Å². The molecule has 0 aromatic rings. The van der Waals surface area contributed by atoms with Gasteiger partial charge in [0.05, 0.1) is 6.04 Å². The molecule has 3 aliphatic rings. The molecule has 3 fully saturated rings. The van der Waals surface area contributed by atoms with Gasteiger partial charge in [0.1, 0.15) is 6.04 Å². The topological polar surface area (TPSA) is 32.3 Å². The Hall–Kier alpha value is -0.570. The van der Waals surface area contributed by atoms with Crippen molar-refractivity contribution < 1.29 is 4.79 Å². The zero-order valence-corrected chi connectivity index (χ0v) is 10.8. The highest BCUT2D eigenvalue weighted by atomic mass is 16.2. The second kappa shape index (κ2) is 4.60. The van der Waals surface area contributed by atoms with Crippen molar-refractivity contribution in [2.45, 2.75) is 70.4 Å². The minimum absolute atomic E-state index is 0.151. The van der Waals surface area contributed by atoms with E-state index >= 15 is 0 Å². The molecule has 1 heterocycles. The average Bonchev–Trinajstić information content (AvgIpc) is 3.13. The fourth-order valence-corrected chi connectivity index (χ4v) is 3.35. The summed E-state index contributed by atoms with van der Waals surface area (Å²) in [5.74, 6) is 1.87. The molecule has 1 saturated heterocycles. The molecular formula is C14H24N2O. The maximum absolute atomic E-state index is 12.1. The molecule has 0 radical (unpaired) electrons. The fraction of sp³-hybridized carbons (Fsp3) is 0.929. The van der Waals surface area contributed by atoms with Gasteiger partial charge < -0.3 is 0 Å². The lowest BCUT2D eigenvalue weighted by Gasteiger charge is -2.46. The van der Waals surface area contributed by atoms with Crippen LogP contribution in [0.4, 0.5) is 0 Å². The zero-order chi connectivity index (χ0) is 11.8. The van der Waals surface area contributed by atoms with Crippen LogP contribution in [0.3, 0.4) is 0 Å². The van der Waals surface area contributed by atoms with E-state index in [1.165, 1.54) is 44.9 Å². The van der Waals surface area contributed by atoms with Crippen LogP contribution in [-0.4, -0.2) is 23.0 Å². The van der Waals surface area contributed by atoms with E-state index in [2.05, 4.69) is 12.3 Å². The summed E-state index contributed by atoms with van der Waals surface area (Å²) in [5.41, 5.74) is 3.41. The van der Waals surface area contributed by atoms with Crippen molar-refractivity contribution in [1.82, 2.24) is 10.4 Å². The van der Waals surface area contributed by atoms with E-state index < -0.39 is 0 Å². The first-order chi connectivity index (χ1) is 8.25. The number of carbonyl (C=O) groups excluding carboxylic acids is 1. The van der Waals surface area contributed by atoms with Crippen LogP contribution in [0.2, 0.25) is 0 Å². The van der Waals surface area contributed by atoms with Crippen molar-refractivity contribution in [3.8, 4) is 0 Å². The van der Waals surface area contributed by atoms with Gasteiger partial charge >= 0.3 is 0 Å². The minimum atomic E-state index is 0.151. The Morgan fingerprint density at radius 3 is 2.65 bits per heavy atom. The molecule has 3 atom stereocenters. The summed E-state index contributed by atoms with van der Waals surface area (Å²) in [6, 6.07) is 0.610. The molecule has 1 amide bonds. The summed E-state index contributed by atoms with van der Waals surface area (Å²) in [5, 5.41) is 1.96. The van der Waals surface area contributed by atoms with Crippen LogP contribution in [0, 0.1) is 11.8 Å². The van der Waals surface area contributed by atoms with Gasteiger partial charge in [-0.15, -0.1) is 0 Å². The summed E-state index contributed by atoms with van der Waals surface area (Å²) in [7, 11) is 0. The van der Waals surface area contributed by atoms with Crippen molar-refractivity contribution in [2.24, 2.45) is 11.8 Å². The Balaban J connectivity index is 1.55. The summed E-state index contributed by atoms with van der Waals surface area (Å²) < 4.78 is 0. The van der Waals surface area contributed by atoms with E-state index in [0.717, 1.165) is 12.3 Å². The SMILES string of the molecule is CC1CCCCCC1N1NC(CC2CC2)C1=O. The fourth-order valence-electron chi connectivity index (χ4n) is 3.35. The second-order valence-corrected chi connectivity index (χ2v) is 6.25. The van der Waals surface area contributed by atoms with Crippen molar-refractivity contribution in [1.29, 1.82) is 0 Å². The lowest BCUT2D eigenvalue weighted by molar-refractivity contribution is -0.160. The lowest BCUT2D eigenvalue weighted by atomic mass is 9.94. The molecular weight excluding hydrogens is 212 g/mol. The quantitative estimate of drug-likeness (QED) is 0.763. The van der Waals surface area contributed by atoms with Gasteiger partial charge in [-0.1, -0.05) is 39.0 Å². The molecule has 2 aliphatic carbocycles. The molecule has 1 N–H and O–H groups in total. The third-order valence-corrected chi connectivity index (χ3v) is 4.74. The molecule has 96 valence electrons. The molecule has 3 rings (SSSR count). The summed E-state index contributed by atoms with van der Waals surface area (Å²) in [4.78, 5) is 12.1. The largest absolute Gasteiger partial charge is 0.272 e. The van der Waals surface area contributed by atoms with Crippen molar-refractivity contribution in [2.75, 3.05) is 0 Å². The molecule has 1 aliphatic heterocycles. The molecule has 0 bridgehead atoms. The normalized spacial score (nSPS) is 38.8. The van der Waals surface area contributed by atoms with E-state index in [9.17, 15) is 4.79 Å². The number of hydrazine groups is 1. The minimum Gasteiger partial charge on any atom is -0.272 e. The molecule has 3 heteroatoms. The predicted octanol–water partition coefficient (Wildman–Crippen LogP) is 2.47. The Bertz CT molecular complexity index is 301. The first kappa shape index (κ1) is 11.5. The van der Waals surface area contributed by atoms with Crippen molar-refractivity contribution >= 4 is 5.91 Å². The molecule has 0 aromatic heterocycles. The summed E-state index contributed by atoms with van der Waals surface area (Å²) in [6.45, 7) is 2.30. The van der Waals surface area contributed by atoms with Gasteiger partial charge in [-0.25, -0.2) is 5.43 Å². The van der Waals surface area contributed by atoms with Crippen molar-refractivity contribution in [3.05, 3.63) is 0 Å². The number of hydrogen-bond acceptors (Lipinski definition) is 2. The van der Waals surface area contributed by atoms with Gasteiger partial charge in [-0.2, -0.15) is 0 Å². The van der Waals surface area contributed by atoms with E-state index in [-0.39, 0.29) is 6.04 Å². The second-order valence-electron chi connectivity index (χ2n) is 6.25. The predicted molar refractivity (Wildman–Crippen MR) is 67.1 cm³/mol. The number of rotatable bonds is 3. The van der Waals surface area contributed by atoms with E-state index in [1.54, 1.807) is 0 Å². The highest BCUT2D eigenvalue weighted by Crippen LogP contribution is 2.36. The number of hydrogen-bond donors (Lipinski definition) is 1. The summed E-state index contributed by atoms with van der Waals surface area (Å²) >= 11 is 0. The molecule has 0 spiro atoms. The first-order valence-electron chi connectivity index (χ1n) is 7.35. The van der Waals surface area contributed by atoms with E-state index in [1.807, 2.05) is 5.01 Å². The standard InChI is InChI=1S/C14H24N2O/c1-10-5-3-2-4-6-13(10)16-14(17)12(15-16)9-11-7-8-11/h10-13,15H,2-9H2,1H3. The highest BCUT2D eigenvalue weighted by molar-refractivity contribution is 5.86. The monoisotopic (exact) mass is 236 g/mol. The Morgan fingerprint density at radius 2 is 1.94 bits per heavy atom. The first-order valence-corrected chi connectivity index (χ1v) is 7.35. The van der Waals surface area contributed by atoms with Crippen LogP contribution in [0.1, 0.15) is 58.3 Å². The molecule has 0 aromatic carbocycles. The van der Waals surface area contributed by atoms with Crippen LogP contribution in [0.5, 0.6) is 0 Å². The average molecular weight is 236 g/mol. The molecule has 3 nitrogen and oxygen atoms in total. The Morgan fingerprint density at radius 1 is 1.18 bits per heavy atom. The van der Waals surface area contributed by atoms with Gasteiger partial charge in [0.2, 0.25) is 0 Å². The van der Waals surface area contributed by atoms with E-state index in [4.69, 9.17) is 0 Å². The molecule has 3 unspecified atom stereocenters. The third kappa shape index (κ3) is 2.35. The number of amides is 1. The maximum atomic E-state index is 12.1. The van der Waals surface area contributed by atoms with Gasteiger partial charge in [0, 0.05) is 0 Å². The molecule has 17 heavy (non-hydrogen) atoms. The van der Waals surface area contributed by atoms with Gasteiger partial charge in [-0.05, 0) is 31.1 Å². The maximum Gasteiger partial charge on any atom is 0.255 e. The Labute approximate surface area is 104 Å². The zero-order valence-electron chi connectivity index (χ0n) is 10.8. The summed E-state index contributed by atoms with van der Waals surface area (Å²) in [6.07, 6.45) is 10.2. The molecule has 2 saturated carbocycles. The van der Waals surface area contributed by atoms with E-state index in [0.29, 0.717) is 17.9 Å². The van der Waals surface area contributed by atoms with Gasteiger partial charge in [-0.3, -0.25) is 9.80 Å². The number of nitrogens with zero attached hydrogens (tertiary/aromatic N) is 1. The van der Waals surface area contributed by atoms with Crippen LogP contribution < -0.4 is 5.43 Å². The number of carbonyl (C=O) groups is 1. The van der Waals surface area contributed by atoms with Gasteiger partial charge in [0.25, 0.3) is 5.91 Å².